The average molecular weight is 267 g/mol. The molecule has 0 fully saturated rings. The molecule has 1 aromatic carbocycles. The average Bonchev–Trinajstić information content (AvgIpc) is 2.26. The molecule has 0 aromatic heterocycles. The van der Waals surface area contributed by atoms with Crippen molar-refractivity contribution >= 4 is 11.8 Å². The molecule has 1 atom stereocenters. The Morgan fingerprint density at radius 1 is 1.17 bits per heavy atom. The van der Waals surface area contributed by atoms with Crippen molar-refractivity contribution in [3.05, 3.63) is 29.3 Å². The maximum Gasteiger partial charge on any atom is 0.119 e. The van der Waals surface area contributed by atoms with Crippen LogP contribution in [0.5, 0.6) is 5.75 Å². The molecule has 2 nitrogen and oxygen atoms in total. The summed E-state index contributed by atoms with van der Waals surface area (Å²) in [7, 11) is 0. The van der Waals surface area contributed by atoms with Gasteiger partial charge in [-0.3, -0.25) is 0 Å². The van der Waals surface area contributed by atoms with E-state index >= 15 is 0 Å². The molecule has 0 saturated heterocycles. The standard InChI is InChI=1S/C15H25NOS/c1-12-9-13(2)11-15(10-12)17-6-4-7-18-8-5-14(3)16/h9-11,14H,4-8,16H2,1-3H3. The second-order valence-corrected chi connectivity index (χ2v) is 6.13. The number of ether oxygens (including phenoxy) is 1. The summed E-state index contributed by atoms with van der Waals surface area (Å²) >= 11 is 1.96. The molecule has 0 spiro atoms. The van der Waals surface area contributed by atoms with Gasteiger partial charge in [-0.25, -0.2) is 0 Å². The van der Waals surface area contributed by atoms with Gasteiger partial charge in [0, 0.05) is 6.04 Å². The second kappa shape index (κ2) is 8.44. The Labute approximate surface area is 115 Å². The van der Waals surface area contributed by atoms with Crippen molar-refractivity contribution in [3.8, 4) is 5.75 Å². The molecule has 0 aliphatic rings. The quantitative estimate of drug-likeness (QED) is 0.732. The van der Waals surface area contributed by atoms with E-state index in [-0.39, 0.29) is 0 Å². The first-order chi connectivity index (χ1) is 8.58. The fraction of sp³-hybridized carbons (Fsp3) is 0.600. The van der Waals surface area contributed by atoms with Gasteiger partial charge in [0.2, 0.25) is 0 Å². The van der Waals surface area contributed by atoms with Gasteiger partial charge in [0.25, 0.3) is 0 Å². The maximum atomic E-state index is 5.76. The molecule has 1 aromatic rings. The van der Waals surface area contributed by atoms with Gasteiger partial charge in [-0.1, -0.05) is 6.07 Å². The number of benzene rings is 1. The van der Waals surface area contributed by atoms with Gasteiger partial charge in [-0.05, 0) is 68.4 Å². The molecule has 3 heteroatoms. The molecular weight excluding hydrogens is 242 g/mol. The zero-order valence-electron chi connectivity index (χ0n) is 11.7. The Morgan fingerprint density at radius 2 is 1.83 bits per heavy atom. The highest BCUT2D eigenvalue weighted by Gasteiger charge is 1.98. The lowest BCUT2D eigenvalue weighted by atomic mass is 10.1. The zero-order chi connectivity index (χ0) is 13.4. The third kappa shape index (κ3) is 6.92. The smallest absolute Gasteiger partial charge is 0.119 e. The number of aryl methyl sites for hydroxylation is 2. The van der Waals surface area contributed by atoms with Gasteiger partial charge in [0.1, 0.15) is 5.75 Å². The highest BCUT2D eigenvalue weighted by molar-refractivity contribution is 7.99. The van der Waals surface area contributed by atoms with E-state index in [4.69, 9.17) is 10.5 Å². The largest absolute Gasteiger partial charge is 0.494 e. The molecule has 1 rings (SSSR count). The minimum Gasteiger partial charge on any atom is -0.494 e. The van der Waals surface area contributed by atoms with Crippen LogP contribution >= 0.6 is 11.8 Å². The maximum absolute atomic E-state index is 5.76. The van der Waals surface area contributed by atoms with Gasteiger partial charge in [-0.2, -0.15) is 11.8 Å². The van der Waals surface area contributed by atoms with Gasteiger partial charge in [-0.15, -0.1) is 0 Å². The van der Waals surface area contributed by atoms with Crippen LogP contribution in [0.4, 0.5) is 0 Å². The van der Waals surface area contributed by atoms with Crippen molar-refractivity contribution in [1.29, 1.82) is 0 Å². The van der Waals surface area contributed by atoms with Gasteiger partial charge in [0.05, 0.1) is 6.61 Å². The fourth-order valence-corrected chi connectivity index (χ4v) is 2.80. The third-order valence-corrected chi connectivity index (χ3v) is 3.72. The van der Waals surface area contributed by atoms with Crippen LogP contribution in [0, 0.1) is 13.8 Å². The summed E-state index contributed by atoms with van der Waals surface area (Å²) in [5, 5.41) is 0. The normalized spacial score (nSPS) is 12.4. The summed E-state index contributed by atoms with van der Waals surface area (Å²) in [6.07, 6.45) is 2.19. The minimum absolute atomic E-state index is 0.323. The summed E-state index contributed by atoms with van der Waals surface area (Å²) in [6, 6.07) is 6.67. The number of nitrogens with two attached hydrogens (primary N) is 1. The lowest BCUT2D eigenvalue weighted by molar-refractivity contribution is 0.318. The third-order valence-electron chi connectivity index (χ3n) is 2.61. The lowest BCUT2D eigenvalue weighted by Crippen LogP contribution is -2.15. The summed E-state index contributed by atoms with van der Waals surface area (Å²) < 4.78 is 5.76. The molecular formula is C15H25NOS. The summed E-state index contributed by atoms with van der Waals surface area (Å²) in [5.41, 5.74) is 8.22. The highest BCUT2D eigenvalue weighted by Crippen LogP contribution is 2.16. The van der Waals surface area contributed by atoms with Crippen LogP contribution in [-0.2, 0) is 0 Å². The lowest BCUT2D eigenvalue weighted by Gasteiger charge is -2.08. The number of thioether (sulfide) groups is 1. The number of rotatable bonds is 8. The zero-order valence-corrected chi connectivity index (χ0v) is 12.6. The predicted octanol–water partition coefficient (Wildman–Crippen LogP) is 3.54. The van der Waals surface area contributed by atoms with Crippen LogP contribution in [0.3, 0.4) is 0 Å². The highest BCUT2D eigenvalue weighted by atomic mass is 32.2. The van der Waals surface area contributed by atoms with Crippen molar-refractivity contribution in [2.75, 3.05) is 18.1 Å². The van der Waals surface area contributed by atoms with E-state index in [1.807, 2.05) is 11.8 Å². The van der Waals surface area contributed by atoms with Crippen LogP contribution in [0.2, 0.25) is 0 Å². The van der Waals surface area contributed by atoms with E-state index in [1.165, 1.54) is 11.1 Å². The van der Waals surface area contributed by atoms with Gasteiger partial charge < -0.3 is 10.5 Å². The molecule has 0 radical (unpaired) electrons. The van der Waals surface area contributed by atoms with Gasteiger partial charge in [0.15, 0.2) is 0 Å². The Balaban J connectivity index is 2.10. The van der Waals surface area contributed by atoms with E-state index in [0.717, 1.165) is 36.7 Å². The van der Waals surface area contributed by atoms with Crippen molar-refractivity contribution < 1.29 is 4.74 Å². The summed E-state index contributed by atoms with van der Waals surface area (Å²) in [4.78, 5) is 0. The van der Waals surface area contributed by atoms with Crippen LogP contribution < -0.4 is 10.5 Å². The molecule has 0 saturated carbocycles. The van der Waals surface area contributed by atoms with E-state index in [0.29, 0.717) is 6.04 Å². The Morgan fingerprint density at radius 3 is 2.44 bits per heavy atom. The monoisotopic (exact) mass is 267 g/mol. The first-order valence-electron chi connectivity index (χ1n) is 6.62. The molecule has 2 N–H and O–H groups in total. The van der Waals surface area contributed by atoms with Crippen molar-refractivity contribution in [2.24, 2.45) is 5.73 Å². The van der Waals surface area contributed by atoms with Gasteiger partial charge >= 0.3 is 0 Å². The molecule has 0 bridgehead atoms. The molecule has 0 heterocycles. The molecule has 0 amide bonds. The minimum atomic E-state index is 0.323. The first-order valence-corrected chi connectivity index (χ1v) is 7.78. The van der Waals surface area contributed by atoms with Crippen molar-refractivity contribution in [3.63, 3.8) is 0 Å². The van der Waals surface area contributed by atoms with Crippen LogP contribution in [-0.4, -0.2) is 24.2 Å². The van der Waals surface area contributed by atoms with E-state index in [9.17, 15) is 0 Å². The first kappa shape index (κ1) is 15.4. The van der Waals surface area contributed by atoms with Crippen molar-refractivity contribution in [2.45, 2.75) is 39.7 Å². The van der Waals surface area contributed by atoms with Crippen LogP contribution in [0.25, 0.3) is 0 Å². The fourth-order valence-electron chi connectivity index (χ4n) is 1.74. The molecule has 1 unspecified atom stereocenters. The molecule has 102 valence electrons. The van der Waals surface area contributed by atoms with E-state index in [1.54, 1.807) is 0 Å². The number of hydrogen-bond acceptors (Lipinski definition) is 3. The topological polar surface area (TPSA) is 35.2 Å². The SMILES string of the molecule is Cc1cc(C)cc(OCCCSCCC(C)N)c1. The Hall–Kier alpha value is -0.670. The van der Waals surface area contributed by atoms with Crippen LogP contribution in [0.1, 0.15) is 30.9 Å². The van der Waals surface area contributed by atoms with E-state index in [2.05, 4.69) is 39.0 Å². The summed E-state index contributed by atoms with van der Waals surface area (Å²) in [6.45, 7) is 7.06. The summed E-state index contributed by atoms with van der Waals surface area (Å²) in [5.74, 6) is 3.30. The Bertz CT molecular complexity index is 332. The molecule has 0 aliphatic heterocycles. The molecule has 18 heavy (non-hydrogen) atoms. The molecule has 0 aliphatic carbocycles. The Kier molecular flexibility index (Phi) is 7.21. The number of hydrogen-bond donors (Lipinski definition) is 1. The second-order valence-electron chi connectivity index (χ2n) is 4.90. The van der Waals surface area contributed by atoms with Crippen molar-refractivity contribution in [1.82, 2.24) is 0 Å². The predicted molar refractivity (Wildman–Crippen MR) is 81.6 cm³/mol. The van der Waals surface area contributed by atoms with Crippen LogP contribution in [0.15, 0.2) is 18.2 Å². The van der Waals surface area contributed by atoms with E-state index < -0.39 is 0 Å².